The largest absolute Gasteiger partial charge is 0.546 e. The van der Waals surface area contributed by atoms with Crippen LogP contribution >= 0.6 is 0 Å². The summed E-state index contributed by atoms with van der Waals surface area (Å²) in [5.41, 5.74) is -2.95. The standard InChI is InChI=1S/C11H13N5O4/c1-10(9(18)19)8(17)11(2,20)16-4-14-6-5(7(16)15-10)12-3-13-6/h3-4,8,17,20H,1-2H3,(H2,12,13,15,18,19). The Balaban J connectivity index is 2.32. The first kappa shape index (κ1) is 12.8. The van der Waals surface area contributed by atoms with Gasteiger partial charge in [0.25, 0.3) is 11.5 Å². The van der Waals surface area contributed by atoms with Gasteiger partial charge >= 0.3 is 0 Å². The molecule has 0 aromatic carbocycles. The first-order valence-electron chi connectivity index (χ1n) is 5.93. The van der Waals surface area contributed by atoms with Crippen molar-refractivity contribution in [3.8, 4) is 0 Å². The molecule has 3 rings (SSSR count). The van der Waals surface area contributed by atoms with E-state index in [9.17, 15) is 20.1 Å². The van der Waals surface area contributed by atoms with Crippen LogP contribution in [-0.2, 0) is 10.5 Å². The lowest BCUT2D eigenvalue weighted by molar-refractivity contribution is -0.807. The van der Waals surface area contributed by atoms with E-state index in [0.29, 0.717) is 11.2 Å². The number of hydrogen-bond acceptors (Lipinski definition) is 7. The average molecular weight is 279 g/mol. The summed E-state index contributed by atoms with van der Waals surface area (Å²) in [5.74, 6) is -1.27. The first-order chi connectivity index (χ1) is 9.28. The molecule has 0 saturated carbocycles. The summed E-state index contributed by atoms with van der Waals surface area (Å²) < 4.78 is 1.25. The monoisotopic (exact) mass is 279 g/mol. The van der Waals surface area contributed by atoms with Gasteiger partial charge in [0.2, 0.25) is 12.1 Å². The molecule has 2 aromatic heterocycles. The zero-order valence-electron chi connectivity index (χ0n) is 10.8. The molecule has 106 valence electrons. The number of anilines is 1. The van der Waals surface area contributed by atoms with Crippen molar-refractivity contribution >= 4 is 23.0 Å². The Morgan fingerprint density at radius 3 is 2.85 bits per heavy atom. The molecule has 0 aliphatic carbocycles. The maximum Gasteiger partial charge on any atom is 0.260 e. The van der Waals surface area contributed by atoms with Crippen molar-refractivity contribution in [2.45, 2.75) is 31.2 Å². The number of carbonyl (C=O) groups is 1. The fourth-order valence-corrected chi connectivity index (χ4v) is 2.47. The molecule has 2 aromatic rings. The minimum atomic E-state index is -1.87. The number of imidazole rings is 1. The van der Waals surface area contributed by atoms with Crippen molar-refractivity contribution in [3.63, 3.8) is 0 Å². The molecule has 4 N–H and O–H groups in total. The first-order valence-corrected chi connectivity index (χ1v) is 5.93. The molecular formula is C11H13N5O4. The Morgan fingerprint density at radius 1 is 1.50 bits per heavy atom. The van der Waals surface area contributed by atoms with E-state index in [0.717, 1.165) is 0 Å². The summed E-state index contributed by atoms with van der Waals surface area (Å²) in [6.45, 7) is 2.54. The van der Waals surface area contributed by atoms with Crippen molar-refractivity contribution < 1.29 is 24.7 Å². The predicted molar refractivity (Wildman–Crippen MR) is 63.0 cm³/mol. The summed E-state index contributed by atoms with van der Waals surface area (Å²) in [4.78, 5) is 22.2. The number of aromatic nitrogens is 4. The van der Waals surface area contributed by atoms with Crippen molar-refractivity contribution in [2.24, 2.45) is 0 Å². The maximum absolute atomic E-state index is 11.4. The van der Waals surface area contributed by atoms with E-state index in [2.05, 4.69) is 20.3 Å². The van der Waals surface area contributed by atoms with Gasteiger partial charge in [0, 0.05) is 6.92 Å². The quantitative estimate of drug-likeness (QED) is 0.414. The number of aromatic amines is 1. The Morgan fingerprint density at radius 2 is 2.20 bits per heavy atom. The molecule has 0 amide bonds. The molecule has 3 heterocycles. The molecule has 3 atom stereocenters. The van der Waals surface area contributed by atoms with Gasteiger partial charge in [-0.05, 0) is 6.92 Å². The van der Waals surface area contributed by atoms with Gasteiger partial charge in [0.15, 0.2) is 17.2 Å². The molecule has 0 spiro atoms. The lowest BCUT2D eigenvalue weighted by atomic mass is 9.85. The minimum Gasteiger partial charge on any atom is -0.546 e. The number of aliphatic hydroxyl groups excluding tert-OH is 1. The number of aliphatic carboxylic acids is 1. The number of fused-ring (bicyclic) bond motifs is 3. The fourth-order valence-electron chi connectivity index (χ4n) is 2.47. The normalized spacial score (nSPS) is 32.7. The molecule has 0 saturated heterocycles. The summed E-state index contributed by atoms with van der Waals surface area (Å²) in [7, 11) is 0. The number of H-pyrrole nitrogens is 1. The number of hydrogen-bond donors (Lipinski definition) is 4. The molecule has 0 radical (unpaired) electrons. The van der Waals surface area contributed by atoms with Crippen LogP contribution < -0.4 is 15.0 Å². The summed E-state index contributed by atoms with van der Waals surface area (Å²) in [6.07, 6.45) is 1.04. The van der Waals surface area contributed by atoms with Crippen LogP contribution in [-0.4, -0.2) is 42.8 Å². The van der Waals surface area contributed by atoms with Crippen LogP contribution in [0.5, 0.6) is 0 Å². The number of rotatable bonds is 1. The Bertz CT molecular complexity index is 712. The number of carbonyl (C=O) groups excluding carboxylic acids is 1. The molecule has 9 heteroatoms. The third-order valence-electron chi connectivity index (χ3n) is 3.75. The topological polar surface area (TPSA) is 138 Å². The van der Waals surface area contributed by atoms with Gasteiger partial charge in [-0.3, -0.25) is 5.32 Å². The van der Waals surface area contributed by atoms with Crippen LogP contribution in [0.3, 0.4) is 0 Å². The van der Waals surface area contributed by atoms with Crippen LogP contribution in [0.4, 0.5) is 5.82 Å². The highest BCUT2D eigenvalue weighted by Gasteiger charge is 2.56. The van der Waals surface area contributed by atoms with E-state index in [1.54, 1.807) is 0 Å². The Labute approximate surface area is 112 Å². The van der Waals surface area contributed by atoms with E-state index in [4.69, 9.17) is 0 Å². The van der Waals surface area contributed by atoms with Gasteiger partial charge in [-0.1, -0.05) is 4.98 Å². The number of nitrogens with one attached hydrogen (secondary N) is 2. The van der Waals surface area contributed by atoms with Crippen molar-refractivity contribution in [1.29, 1.82) is 0 Å². The number of carboxylic acid groups (broad SMARTS) is 1. The maximum atomic E-state index is 11.4. The molecule has 0 bridgehead atoms. The zero-order valence-corrected chi connectivity index (χ0v) is 10.8. The lowest BCUT2D eigenvalue weighted by Gasteiger charge is -2.44. The highest BCUT2D eigenvalue weighted by Crippen LogP contribution is 2.32. The highest BCUT2D eigenvalue weighted by atomic mass is 16.4. The summed E-state index contributed by atoms with van der Waals surface area (Å²) in [6, 6.07) is 0. The van der Waals surface area contributed by atoms with E-state index < -0.39 is 23.3 Å². The second-order valence-corrected chi connectivity index (χ2v) is 5.18. The summed E-state index contributed by atoms with van der Waals surface area (Å²) in [5, 5.41) is 34.7. The third-order valence-corrected chi connectivity index (χ3v) is 3.75. The molecule has 9 nitrogen and oxygen atoms in total. The minimum absolute atomic E-state index is 0.259. The number of nitrogens with zero attached hydrogens (tertiary/aromatic N) is 3. The zero-order chi connectivity index (χ0) is 14.7. The lowest BCUT2D eigenvalue weighted by Crippen LogP contribution is -2.77. The molecule has 0 fully saturated rings. The SMILES string of the molecule is CC1(C(=O)[O-])Nc2c3[nH]cnc3nc[n+]2C(C)(O)C1O. The molecule has 1 aliphatic heterocycles. The second-order valence-electron chi connectivity index (χ2n) is 5.18. The van der Waals surface area contributed by atoms with Crippen molar-refractivity contribution in [1.82, 2.24) is 15.0 Å². The highest BCUT2D eigenvalue weighted by molar-refractivity contribution is 5.87. The van der Waals surface area contributed by atoms with E-state index in [1.807, 2.05) is 0 Å². The van der Waals surface area contributed by atoms with Gasteiger partial charge in [0.1, 0.15) is 0 Å². The molecule has 1 aliphatic rings. The molecular weight excluding hydrogens is 266 g/mol. The van der Waals surface area contributed by atoms with E-state index in [-0.39, 0.29) is 5.82 Å². The van der Waals surface area contributed by atoms with Gasteiger partial charge in [-0.15, -0.1) is 0 Å². The van der Waals surface area contributed by atoms with E-state index in [1.165, 1.54) is 31.1 Å². The number of carboxylic acids is 1. The molecule has 20 heavy (non-hydrogen) atoms. The Kier molecular flexibility index (Phi) is 2.32. The van der Waals surface area contributed by atoms with Gasteiger partial charge < -0.3 is 25.1 Å². The molecule has 3 unspecified atom stereocenters. The van der Waals surface area contributed by atoms with Crippen LogP contribution in [0.1, 0.15) is 13.8 Å². The fraction of sp³-hybridized carbons (Fsp3) is 0.455. The van der Waals surface area contributed by atoms with Crippen LogP contribution in [0.25, 0.3) is 11.2 Å². The van der Waals surface area contributed by atoms with Crippen LogP contribution in [0, 0.1) is 0 Å². The van der Waals surface area contributed by atoms with E-state index >= 15 is 0 Å². The number of aliphatic hydroxyl groups is 2. The van der Waals surface area contributed by atoms with Crippen molar-refractivity contribution in [3.05, 3.63) is 12.7 Å². The van der Waals surface area contributed by atoms with Gasteiger partial charge in [-0.2, -0.15) is 0 Å². The van der Waals surface area contributed by atoms with Gasteiger partial charge in [0.05, 0.1) is 12.3 Å². The van der Waals surface area contributed by atoms with Crippen LogP contribution in [0.15, 0.2) is 12.7 Å². The van der Waals surface area contributed by atoms with Gasteiger partial charge in [-0.25, -0.2) is 9.55 Å². The second kappa shape index (κ2) is 3.64. The summed E-state index contributed by atoms with van der Waals surface area (Å²) >= 11 is 0. The Hall–Kier alpha value is -2.26. The smallest absolute Gasteiger partial charge is 0.260 e. The third kappa shape index (κ3) is 1.38. The van der Waals surface area contributed by atoms with Crippen LogP contribution in [0.2, 0.25) is 0 Å². The van der Waals surface area contributed by atoms with Crippen molar-refractivity contribution in [2.75, 3.05) is 5.32 Å². The average Bonchev–Trinajstić information content (AvgIpc) is 2.84. The predicted octanol–water partition coefficient (Wildman–Crippen LogP) is -2.79.